The SMILES string of the molecule is CC(C)c1nc(C(=O)NCCCc2ncn[nH]2)n[nH]1. The Kier molecular flexibility index (Phi) is 4.22. The molecule has 0 radical (unpaired) electrons. The zero-order chi connectivity index (χ0) is 13.7. The summed E-state index contributed by atoms with van der Waals surface area (Å²) in [5, 5.41) is 15.9. The number of nitrogens with zero attached hydrogens (tertiary/aromatic N) is 4. The molecule has 0 saturated carbocycles. The van der Waals surface area contributed by atoms with Gasteiger partial charge in [0.25, 0.3) is 5.91 Å². The first-order valence-electron chi connectivity index (χ1n) is 6.21. The van der Waals surface area contributed by atoms with Crippen LogP contribution in [-0.4, -0.2) is 42.8 Å². The topological polar surface area (TPSA) is 112 Å². The van der Waals surface area contributed by atoms with Crippen LogP contribution in [0.1, 0.15) is 48.5 Å². The zero-order valence-corrected chi connectivity index (χ0v) is 11.0. The summed E-state index contributed by atoms with van der Waals surface area (Å²) in [6.07, 6.45) is 2.99. The van der Waals surface area contributed by atoms with Crippen molar-refractivity contribution >= 4 is 5.91 Å². The van der Waals surface area contributed by atoms with Gasteiger partial charge in [-0.15, -0.1) is 5.10 Å². The van der Waals surface area contributed by atoms with Crippen molar-refractivity contribution in [3.63, 3.8) is 0 Å². The first-order valence-corrected chi connectivity index (χ1v) is 6.21. The molecule has 2 heterocycles. The molecule has 0 atom stereocenters. The molecule has 3 N–H and O–H groups in total. The maximum absolute atomic E-state index is 11.8. The number of hydrogen-bond acceptors (Lipinski definition) is 5. The van der Waals surface area contributed by atoms with Crippen LogP contribution in [0.2, 0.25) is 0 Å². The molecule has 0 fully saturated rings. The minimum atomic E-state index is -0.263. The quantitative estimate of drug-likeness (QED) is 0.653. The van der Waals surface area contributed by atoms with Crippen molar-refractivity contribution in [1.82, 2.24) is 35.7 Å². The van der Waals surface area contributed by atoms with E-state index in [2.05, 4.69) is 35.7 Å². The molecule has 19 heavy (non-hydrogen) atoms. The molecule has 2 rings (SSSR count). The third kappa shape index (κ3) is 3.60. The molecule has 0 bridgehead atoms. The van der Waals surface area contributed by atoms with Gasteiger partial charge in [0.1, 0.15) is 18.0 Å². The third-order valence-electron chi connectivity index (χ3n) is 2.59. The summed E-state index contributed by atoms with van der Waals surface area (Å²) in [5.74, 6) is 1.67. The minimum Gasteiger partial charge on any atom is -0.349 e. The largest absolute Gasteiger partial charge is 0.349 e. The molecule has 0 saturated heterocycles. The molecule has 0 aromatic carbocycles. The number of carbonyl (C=O) groups is 1. The highest BCUT2D eigenvalue weighted by Crippen LogP contribution is 2.07. The predicted octanol–water partition coefficient (Wildman–Crippen LogP) is 0.409. The van der Waals surface area contributed by atoms with Gasteiger partial charge in [-0.3, -0.25) is 15.0 Å². The van der Waals surface area contributed by atoms with Gasteiger partial charge in [-0.2, -0.15) is 5.10 Å². The molecule has 0 aliphatic rings. The van der Waals surface area contributed by atoms with Crippen molar-refractivity contribution in [2.45, 2.75) is 32.6 Å². The fraction of sp³-hybridized carbons (Fsp3) is 0.545. The van der Waals surface area contributed by atoms with E-state index in [0.29, 0.717) is 12.4 Å². The number of amides is 1. The Balaban J connectivity index is 1.74. The van der Waals surface area contributed by atoms with E-state index in [1.54, 1.807) is 0 Å². The van der Waals surface area contributed by atoms with Gasteiger partial charge in [-0.25, -0.2) is 9.97 Å². The van der Waals surface area contributed by atoms with Crippen molar-refractivity contribution in [3.05, 3.63) is 23.8 Å². The smallest absolute Gasteiger partial charge is 0.290 e. The van der Waals surface area contributed by atoms with Crippen molar-refractivity contribution in [2.75, 3.05) is 6.54 Å². The Morgan fingerprint density at radius 3 is 2.89 bits per heavy atom. The number of aromatic nitrogens is 6. The molecule has 102 valence electrons. The molecule has 0 unspecified atom stereocenters. The number of aromatic amines is 2. The van der Waals surface area contributed by atoms with E-state index < -0.39 is 0 Å². The Hall–Kier alpha value is -2.25. The lowest BCUT2D eigenvalue weighted by atomic mass is 10.2. The molecule has 0 spiro atoms. The van der Waals surface area contributed by atoms with E-state index in [4.69, 9.17) is 0 Å². The lowest BCUT2D eigenvalue weighted by Gasteiger charge is -2.01. The van der Waals surface area contributed by atoms with E-state index in [0.717, 1.165) is 18.7 Å². The van der Waals surface area contributed by atoms with E-state index in [-0.39, 0.29) is 17.6 Å². The van der Waals surface area contributed by atoms with Crippen molar-refractivity contribution < 1.29 is 4.79 Å². The van der Waals surface area contributed by atoms with E-state index in [9.17, 15) is 4.79 Å². The number of hydrogen-bond donors (Lipinski definition) is 3. The van der Waals surface area contributed by atoms with Crippen molar-refractivity contribution in [1.29, 1.82) is 0 Å². The lowest BCUT2D eigenvalue weighted by molar-refractivity contribution is 0.0943. The molecule has 2 aromatic rings. The van der Waals surface area contributed by atoms with Crippen LogP contribution in [0.15, 0.2) is 6.33 Å². The van der Waals surface area contributed by atoms with E-state index in [1.165, 1.54) is 6.33 Å². The van der Waals surface area contributed by atoms with Crippen LogP contribution in [-0.2, 0) is 6.42 Å². The van der Waals surface area contributed by atoms with Crippen LogP contribution in [0.5, 0.6) is 0 Å². The Labute approximate surface area is 110 Å². The average Bonchev–Trinajstić information content (AvgIpc) is 3.05. The summed E-state index contributed by atoms with van der Waals surface area (Å²) in [5.41, 5.74) is 0. The lowest BCUT2D eigenvalue weighted by Crippen LogP contribution is -2.26. The summed E-state index contributed by atoms with van der Waals surface area (Å²) >= 11 is 0. The second-order valence-electron chi connectivity index (χ2n) is 4.49. The summed E-state index contributed by atoms with van der Waals surface area (Å²) in [4.78, 5) is 19.9. The molecular weight excluding hydrogens is 246 g/mol. The Morgan fingerprint density at radius 1 is 1.42 bits per heavy atom. The monoisotopic (exact) mass is 263 g/mol. The predicted molar refractivity (Wildman–Crippen MR) is 67.5 cm³/mol. The van der Waals surface area contributed by atoms with Crippen LogP contribution in [0.25, 0.3) is 0 Å². The van der Waals surface area contributed by atoms with Gasteiger partial charge in [-0.1, -0.05) is 13.8 Å². The number of rotatable bonds is 6. The van der Waals surface area contributed by atoms with E-state index in [1.807, 2.05) is 13.8 Å². The molecule has 0 aliphatic heterocycles. The number of carbonyl (C=O) groups excluding carboxylic acids is 1. The fourth-order valence-electron chi connectivity index (χ4n) is 1.52. The van der Waals surface area contributed by atoms with Crippen molar-refractivity contribution in [3.8, 4) is 0 Å². The van der Waals surface area contributed by atoms with Crippen LogP contribution >= 0.6 is 0 Å². The summed E-state index contributed by atoms with van der Waals surface area (Å²) in [7, 11) is 0. The van der Waals surface area contributed by atoms with Gasteiger partial charge in [-0.05, 0) is 6.42 Å². The maximum atomic E-state index is 11.8. The van der Waals surface area contributed by atoms with Gasteiger partial charge in [0.2, 0.25) is 5.82 Å². The second-order valence-corrected chi connectivity index (χ2v) is 4.49. The minimum absolute atomic E-state index is 0.184. The molecule has 0 aliphatic carbocycles. The summed E-state index contributed by atoms with van der Waals surface area (Å²) < 4.78 is 0. The average molecular weight is 263 g/mol. The fourth-order valence-corrected chi connectivity index (χ4v) is 1.52. The van der Waals surface area contributed by atoms with Crippen molar-refractivity contribution in [2.24, 2.45) is 0 Å². The Morgan fingerprint density at radius 2 is 2.26 bits per heavy atom. The van der Waals surface area contributed by atoms with Gasteiger partial charge >= 0.3 is 0 Å². The van der Waals surface area contributed by atoms with Gasteiger partial charge in [0.05, 0.1) is 0 Å². The van der Waals surface area contributed by atoms with Gasteiger partial charge in [0.15, 0.2) is 0 Å². The molecule has 1 amide bonds. The standard InChI is InChI=1S/C11H17N7O/c1-7(2)9-15-10(18-17-9)11(19)12-5-3-4-8-13-6-14-16-8/h6-7H,3-5H2,1-2H3,(H,12,19)(H,13,14,16)(H,15,17,18). The van der Waals surface area contributed by atoms with Crippen LogP contribution < -0.4 is 5.32 Å². The highest BCUT2D eigenvalue weighted by molar-refractivity contribution is 5.90. The van der Waals surface area contributed by atoms with Crippen LogP contribution in [0.3, 0.4) is 0 Å². The molecule has 2 aromatic heterocycles. The van der Waals surface area contributed by atoms with Gasteiger partial charge in [0, 0.05) is 18.9 Å². The zero-order valence-electron chi connectivity index (χ0n) is 11.0. The summed E-state index contributed by atoms with van der Waals surface area (Å²) in [6, 6.07) is 0. The number of nitrogens with one attached hydrogen (secondary N) is 3. The number of aryl methyl sites for hydroxylation is 1. The van der Waals surface area contributed by atoms with Crippen LogP contribution in [0.4, 0.5) is 0 Å². The van der Waals surface area contributed by atoms with Crippen LogP contribution in [0, 0.1) is 0 Å². The Bertz CT molecular complexity index is 517. The third-order valence-corrected chi connectivity index (χ3v) is 2.59. The maximum Gasteiger partial charge on any atom is 0.290 e. The van der Waals surface area contributed by atoms with Gasteiger partial charge < -0.3 is 5.32 Å². The first-order chi connectivity index (χ1) is 9.16. The first kappa shape index (κ1) is 13.2. The van der Waals surface area contributed by atoms with E-state index >= 15 is 0 Å². The molecule has 8 nitrogen and oxygen atoms in total. The summed E-state index contributed by atoms with van der Waals surface area (Å²) in [6.45, 7) is 4.52. The highest BCUT2D eigenvalue weighted by Gasteiger charge is 2.13. The number of H-pyrrole nitrogens is 2. The molecule has 8 heteroatoms. The second kappa shape index (κ2) is 6.07. The molecular formula is C11H17N7O. The highest BCUT2D eigenvalue weighted by atomic mass is 16.2. The normalized spacial score (nSPS) is 10.9.